The molecular weight excluding hydrogens is 259 g/mol. The summed E-state index contributed by atoms with van der Waals surface area (Å²) in [5, 5.41) is 2.04. The molecule has 0 bridgehead atoms. The molecule has 0 saturated heterocycles. The third-order valence-corrected chi connectivity index (χ3v) is 3.00. The lowest BCUT2D eigenvalue weighted by molar-refractivity contribution is -0.174. The molecule has 0 fully saturated rings. The number of hydrogen-bond acceptors (Lipinski definition) is 2. The lowest BCUT2D eigenvalue weighted by atomic mass is 10.00. The summed E-state index contributed by atoms with van der Waals surface area (Å²) in [7, 11) is 0. The van der Waals surface area contributed by atoms with Crippen LogP contribution in [0, 0.1) is 6.92 Å². The Morgan fingerprint density at radius 1 is 1.42 bits per heavy atom. The number of alkyl halides is 3. The highest BCUT2D eigenvalue weighted by Crippen LogP contribution is 2.33. The molecule has 6 heteroatoms. The minimum atomic E-state index is -4.86. The molecule has 1 atom stereocenters. The van der Waals surface area contributed by atoms with Gasteiger partial charge in [0.2, 0.25) is 0 Å². The van der Waals surface area contributed by atoms with Crippen LogP contribution in [-0.4, -0.2) is 18.7 Å². The van der Waals surface area contributed by atoms with Crippen molar-refractivity contribution in [1.82, 2.24) is 5.32 Å². The third kappa shape index (κ3) is 3.19. The van der Waals surface area contributed by atoms with Crippen LogP contribution < -0.4 is 10.1 Å². The number of halogens is 3. The van der Waals surface area contributed by atoms with Gasteiger partial charge < -0.3 is 10.1 Å². The number of amides is 1. The number of carbonyl (C=O) groups excluding carboxylic acids is 1. The van der Waals surface area contributed by atoms with Crippen LogP contribution in [0.2, 0.25) is 0 Å². The Kier molecular flexibility index (Phi) is 3.68. The maximum absolute atomic E-state index is 12.3. The summed E-state index contributed by atoms with van der Waals surface area (Å²) in [6.07, 6.45) is -3.84. The molecule has 104 valence electrons. The molecule has 1 heterocycles. The van der Waals surface area contributed by atoms with E-state index in [1.54, 1.807) is 12.1 Å². The van der Waals surface area contributed by atoms with Crippen molar-refractivity contribution in [3.8, 4) is 5.75 Å². The van der Waals surface area contributed by atoms with Gasteiger partial charge in [-0.1, -0.05) is 17.7 Å². The fraction of sp³-hybridized carbons (Fsp3) is 0.462. The number of carbonyl (C=O) groups is 1. The van der Waals surface area contributed by atoms with Crippen molar-refractivity contribution in [3.05, 3.63) is 29.3 Å². The number of ether oxygens (including phenoxy) is 1. The standard InChI is InChI=1S/C13H14F3NO2/c1-8-4-5-11-9(7-8)10(3-2-6-19-11)17-12(18)13(14,15)16/h4-5,7,10H,2-3,6H2,1H3,(H,17,18). The van der Waals surface area contributed by atoms with E-state index in [4.69, 9.17) is 4.74 Å². The van der Waals surface area contributed by atoms with Crippen molar-refractivity contribution in [2.24, 2.45) is 0 Å². The number of rotatable bonds is 1. The van der Waals surface area contributed by atoms with Crippen LogP contribution in [0.4, 0.5) is 13.2 Å². The molecule has 19 heavy (non-hydrogen) atoms. The lowest BCUT2D eigenvalue weighted by Crippen LogP contribution is -2.39. The Morgan fingerprint density at radius 3 is 2.84 bits per heavy atom. The molecule has 2 rings (SSSR count). The van der Waals surface area contributed by atoms with Crippen molar-refractivity contribution < 1.29 is 22.7 Å². The lowest BCUT2D eigenvalue weighted by Gasteiger charge is -2.19. The highest BCUT2D eigenvalue weighted by atomic mass is 19.4. The van der Waals surface area contributed by atoms with Gasteiger partial charge in [0.15, 0.2) is 0 Å². The average Bonchev–Trinajstić information content (AvgIpc) is 2.51. The van der Waals surface area contributed by atoms with Crippen LogP contribution in [0.25, 0.3) is 0 Å². The summed E-state index contributed by atoms with van der Waals surface area (Å²) >= 11 is 0. The van der Waals surface area contributed by atoms with Gasteiger partial charge in [0.25, 0.3) is 0 Å². The van der Waals surface area contributed by atoms with Crippen molar-refractivity contribution in [3.63, 3.8) is 0 Å². The molecule has 1 unspecified atom stereocenters. The fourth-order valence-electron chi connectivity index (χ4n) is 2.09. The molecule has 0 spiro atoms. The van der Waals surface area contributed by atoms with E-state index < -0.39 is 18.1 Å². The van der Waals surface area contributed by atoms with Crippen LogP contribution in [0.15, 0.2) is 18.2 Å². The molecule has 1 aliphatic heterocycles. The predicted molar refractivity (Wildman–Crippen MR) is 62.8 cm³/mol. The van der Waals surface area contributed by atoms with Gasteiger partial charge in [-0.15, -0.1) is 0 Å². The van der Waals surface area contributed by atoms with Crippen LogP contribution in [0.3, 0.4) is 0 Å². The summed E-state index contributed by atoms with van der Waals surface area (Å²) in [4.78, 5) is 11.1. The van der Waals surface area contributed by atoms with E-state index in [2.05, 4.69) is 0 Å². The summed E-state index contributed by atoms with van der Waals surface area (Å²) in [6.45, 7) is 2.28. The highest BCUT2D eigenvalue weighted by Gasteiger charge is 2.40. The number of fused-ring (bicyclic) bond motifs is 1. The van der Waals surface area contributed by atoms with E-state index in [1.165, 1.54) is 0 Å². The van der Waals surface area contributed by atoms with E-state index in [0.29, 0.717) is 30.8 Å². The Labute approximate surface area is 108 Å². The Hall–Kier alpha value is -1.72. The second-order valence-corrected chi connectivity index (χ2v) is 4.56. The summed E-state index contributed by atoms with van der Waals surface area (Å²) in [5.41, 5.74) is 1.52. The van der Waals surface area contributed by atoms with E-state index in [0.717, 1.165) is 5.56 Å². The fourth-order valence-corrected chi connectivity index (χ4v) is 2.09. The number of benzene rings is 1. The summed E-state index contributed by atoms with van der Waals surface area (Å²) < 4.78 is 42.4. The van der Waals surface area contributed by atoms with Crippen LogP contribution in [-0.2, 0) is 4.79 Å². The molecule has 1 aliphatic rings. The second kappa shape index (κ2) is 5.11. The molecule has 3 nitrogen and oxygen atoms in total. The van der Waals surface area contributed by atoms with Gasteiger partial charge in [-0.05, 0) is 25.8 Å². The monoisotopic (exact) mass is 273 g/mol. The molecule has 0 aromatic heterocycles. The first-order valence-electron chi connectivity index (χ1n) is 5.99. The number of hydrogen-bond donors (Lipinski definition) is 1. The molecule has 0 aliphatic carbocycles. The Bertz CT molecular complexity index is 485. The number of nitrogens with one attached hydrogen (secondary N) is 1. The number of aryl methyl sites for hydroxylation is 1. The van der Waals surface area contributed by atoms with Gasteiger partial charge in [0.05, 0.1) is 12.6 Å². The summed E-state index contributed by atoms with van der Waals surface area (Å²) in [6, 6.07) is 4.64. The van der Waals surface area contributed by atoms with Crippen molar-refractivity contribution in [2.45, 2.75) is 32.0 Å². The molecule has 1 aromatic rings. The molecular formula is C13H14F3NO2. The van der Waals surface area contributed by atoms with E-state index in [9.17, 15) is 18.0 Å². The zero-order chi connectivity index (χ0) is 14.0. The van der Waals surface area contributed by atoms with Crippen molar-refractivity contribution >= 4 is 5.91 Å². The average molecular weight is 273 g/mol. The topological polar surface area (TPSA) is 38.3 Å². The second-order valence-electron chi connectivity index (χ2n) is 4.56. The Balaban J connectivity index is 2.27. The zero-order valence-electron chi connectivity index (χ0n) is 10.4. The minimum Gasteiger partial charge on any atom is -0.493 e. The third-order valence-electron chi connectivity index (χ3n) is 3.00. The highest BCUT2D eigenvalue weighted by molar-refractivity contribution is 5.82. The largest absolute Gasteiger partial charge is 0.493 e. The first-order valence-corrected chi connectivity index (χ1v) is 5.99. The van der Waals surface area contributed by atoms with Gasteiger partial charge in [-0.2, -0.15) is 13.2 Å². The quantitative estimate of drug-likeness (QED) is 0.854. The summed E-state index contributed by atoms with van der Waals surface area (Å²) in [5.74, 6) is -1.37. The smallest absolute Gasteiger partial charge is 0.471 e. The predicted octanol–water partition coefficient (Wildman–Crippen LogP) is 2.89. The van der Waals surface area contributed by atoms with Gasteiger partial charge >= 0.3 is 12.1 Å². The maximum Gasteiger partial charge on any atom is 0.471 e. The molecule has 0 saturated carbocycles. The first-order chi connectivity index (χ1) is 8.88. The van der Waals surface area contributed by atoms with Gasteiger partial charge in [0.1, 0.15) is 5.75 Å². The molecule has 1 aromatic carbocycles. The van der Waals surface area contributed by atoms with Crippen LogP contribution in [0.1, 0.15) is 30.0 Å². The molecule has 0 radical (unpaired) electrons. The van der Waals surface area contributed by atoms with E-state index in [-0.39, 0.29) is 0 Å². The molecule has 1 amide bonds. The molecule has 1 N–H and O–H groups in total. The first kappa shape index (κ1) is 13.7. The van der Waals surface area contributed by atoms with Crippen LogP contribution >= 0.6 is 0 Å². The minimum absolute atomic E-state index is 0.429. The normalized spacial score (nSPS) is 19.1. The van der Waals surface area contributed by atoms with Crippen molar-refractivity contribution in [1.29, 1.82) is 0 Å². The van der Waals surface area contributed by atoms with Gasteiger partial charge in [0, 0.05) is 5.56 Å². The van der Waals surface area contributed by atoms with E-state index in [1.807, 2.05) is 18.3 Å². The van der Waals surface area contributed by atoms with Crippen molar-refractivity contribution in [2.75, 3.05) is 6.61 Å². The van der Waals surface area contributed by atoms with Crippen LogP contribution in [0.5, 0.6) is 5.75 Å². The zero-order valence-corrected chi connectivity index (χ0v) is 10.4. The van der Waals surface area contributed by atoms with E-state index >= 15 is 0 Å². The van der Waals surface area contributed by atoms with Gasteiger partial charge in [-0.3, -0.25) is 4.79 Å². The maximum atomic E-state index is 12.3. The SMILES string of the molecule is Cc1ccc2c(c1)C(NC(=O)C(F)(F)F)CCCO2. The Morgan fingerprint density at radius 2 is 2.16 bits per heavy atom. The van der Waals surface area contributed by atoms with Gasteiger partial charge in [-0.25, -0.2) is 0 Å².